The van der Waals surface area contributed by atoms with Crippen LogP contribution in [0.15, 0.2) is 30.3 Å². The van der Waals surface area contributed by atoms with Gasteiger partial charge in [0.05, 0.1) is 16.8 Å². The van der Waals surface area contributed by atoms with Crippen molar-refractivity contribution in [2.75, 3.05) is 17.8 Å². The van der Waals surface area contributed by atoms with E-state index in [4.69, 9.17) is 11.6 Å². The molecule has 5 nitrogen and oxygen atoms in total. The number of nitrogen functional groups attached to an aromatic ring is 1. The highest BCUT2D eigenvalue weighted by atomic mass is 16.4. The van der Waals surface area contributed by atoms with Crippen molar-refractivity contribution in [2.24, 2.45) is 11.3 Å². The Bertz CT molecular complexity index is 857. The van der Waals surface area contributed by atoms with Crippen LogP contribution in [0.5, 0.6) is 0 Å². The number of aryl methyl sites for hydroxylation is 2. The molecule has 0 spiro atoms. The van der Waals surface area contributed by atoms with Gasteiger partial charge in [-0.2, -0.15) is 0 Å². The van der Waals surface area contributed by atoms with Gasteiger partial charge in [0.25, 0.3) is 0 Å². The fourth-order valence-corrected chi connectivity index (χ4v) is 3.71. The number of hydrogen-bond acceptors (Lipinski definition) is 4. The predicted molar refractivity (Wildman–Crippen MR) is 112 cm³/mol. The molecule has 1 atom stereocenters. The van der Waals surface area contributed by atoms with Crippen LogP contribution in [-0.2, 0) is 11.2 Å². The quantitative estimate of drug-likeness (QED) is 0.406. The molecule has 0 amide bonds. The first-order chi connectivity index (χ1) is 12.5. The Morgan fingerprint density at radius 1 is 1.22 bits per heavy atom. The Morgan fingerprint density at radius 2 is 1.85 bits per heavy atom. The molecule has 0 bridgehead atoms. The van der Waals surface area contributed by atoms with Gasteiger partial charge in [0, 0.05) is 13.0 Å². The third kappa shape index (κ3) is 3.78. The fourth-order valence-electron chi connectivity index (χ4n) is 3.71. The molecular weight excluding hydrogens is 338 g/mol. The van der Waals surface area contributed by atoms with Crippen LogP contribution in [0.4, 0.5) is 11.4 Å². The van der Waals surface area contributed by atoms with Crippen molar-refractivity contribution < 1.29 is 9.90 Å². The van der Waals surface area contributed by atoms with Crippen LogP contribution in [0.3, 0.4) is 0 Å². The lowest BCUT2D eigenvalue weighted by atomic mass is 9.69. The Balaban J connectivity index is 2.76. The first-order valence-electron chi connectivity index (χ1n) is 9.22. The molecule has 5 heteroatoms. The van der Waals surface area contributed by atoms with E-state index in [1.54, 1.807) is 20.9 Å². The number of carboxylic acids is 1. The number of benzene rings is 2. The maximum absolute atomic E-state index is 12.1. The fraction of sp³-hybridized carbons (Fsp3) is 0.409. The van der Waals surface area contributed by atoms with Gasteiger partial charge in [-0.1, -0.05) is 31.2 Å². The third-order valence-corrected chi connectivity index (χ3v) is 5.59. The molecule has 1 unspecified atom stereocenters. The van der Waals surface area contributed by atoms with Gasteiger partial charge in [0.15, 0.2) is 0 Å². The van der Waals surface area contributed by atoms with Crippen molar-refractivity contribution in [3.05, 3.63) is 58.1 Å². The third-order valence-electron chi connectivity index (χ3n) is 5.59. The Hall–Kier alpha value is -2.53. The van der Waals surface area contributed by atoms with Crippen LogP contribution in [0.25, 0.3) is 0 Å². The summed E-state index contributed by atoms with van der Waals surface area (Å²) in [5, 5.41) is 11.4. The maximum atomic E-state index is 12.1. The lowest BCUT2D eigenvalue weighted by Gasteiger charge is -2.34. The highest BCUT2D eigenvalue weighted by Gasteiger charge is 2.40. The molecule has 146 valence electrons. The highest BCUT2D eigenvalue weighted by molar-refractivity contribution is 5.78. The number of nitrogens with zero attached hydrogens (tertiary/aromatic N) is 1. The van der Waals surface area contributed by atoms with Crippen LogP contribution < -0.4 is 16.6 Å². The average Bonchev–Trinajstić information content (AvgIpc) is 2.59. The van der Waals surface area contributed by atoms with Crippen molar-refractivity contribution in [3.63, 3.8) is 0 Å². The lowest BCUT2D eigenvalue weighted by Crippen LogP contribution is -2.33. The molecule has 5 N–H and O–H groups in total. The summed E-state index contributed by atoms with van der Waals surface area (Å²) >= 11 is 0. The van der Waals surface area contributed by atoms with Crippen LogP contribution >= 0.6 is 0 Å². The van der Waals surface area contributed by atoms with Gasteiger partial charge in [-0.3, -0.25) is 4.79 Å². The molecule has 0 aliphatic heterocycles. The van der Waals surface area contributed by atoms with Crippen LogP contribution in [0.1, 0.15) is 54.5 Å². The first-order valence-corrected chi connectivity index (χ1v) is 9.22. The second-order valence-electron chi connectivity index (χ2n) is 7.82. The van der Waals surface area contributed by atoms with Crippen LogP contribution in [-0.4, -0.2) is 18.1 Å². The Morgan fingerprint density at radius 3 is 2.37 bits per heavy atom. The zero-order chi connectivity index (χ0) is 20.5. The van der Waals surface area contributed by atoms with E-state index in [-0.39, 0.29) is 5.92 Å². The average molecular weight is 370 g/mol. The van der Waals surface area contributed by atoms with E-state index < -0.39 is 11.4 Å². The van der Waals surface area contributed by atoms with Crippen molar-refractivity contribution >= 4 is 17.3 Å². The largest absolute Gasteiger partial charge is 0.481 e. The molecule has 2 aromatic carbocycles. The van der Waals surface area contributed by atoms with Gasteiger partial charge < -0.3 is 15.8 Å². The monoisotopic (exact) mass is 369 g/mol. The molecule has 0 fully saturated rings. The molecule has 2 aromatic rings. The lowest BCUT2D eigenvalue weighted by molar-refractivity contribution is -0.147. The van der Waals surface area contributed by atoms with E-state index in [0.29, 0.717) is 5.69 Å². The zero-order valence-electron chi connectivity index (χ0n) is 17.1. The SMILES string of the molecule is CCc1cc(C(c2ccc(N(C)N)c(N)c2C)C(C)(C)C(=O)O)ccc1C. The number of aliphatic carboxylic acids is 1. The van der Waals surface area contributed by atoms with E-state index >= 15 is 0 Å². The van der Waals surface area contributed by atoms with Gasteiger partial charge >= 0.3 is 5.97 Å². The predicted octanol–water partition coefficient (Wildman–Crippen LogP) is 4.00. The number of hydrazine groups is 1. The second-order valence-corrected chi connectivity index (χ2v) is 7.82. The molecule has 0 radical (unpaired) electrons. The number of carboxylic acid groups (broad SMARTS) is 1. The summed E-state index contributed by atoms with van der Waals surface area (Å²) in [7, 11) is 1.73. The molecule has 0 aliphatic rings. The van der Waals surface area contributed by atoms with E-state index in [0.717, 1.165) is 28.8 Å². The Kier molecular flexibility index (Phi) is 5.85. The molecule has 0 aliphatic carbocycles. The van der Waals surface area contributed by atoms with Crippen molar-refractivity contribution in [1.82, 2.24) is 0 Å². The summed E-state index contributed by atoms with van der Waals surface area (Å²) in [4.78, 5) is 12.1. The minimum atomic E-state index is -1.01. The van der Waals surface area contributed by atoms with Gasteiger partial charge in [-0.05, 0) is 68.0 Å². The van der Waals surface area contributed by atoms with E-state index in [2.05, 4.69) is 26.0 Å². The van der Waals surface area contributed by atoms with Crippen molar-refractivity contribution in [2.45, 2.75) is 47.0 Å². The number of nitrogens with two attached hydrogens (primary N) is 2. The van der Waals surface area contributed by atoms with Crippen molar-refractivity contribution in [3.8, 4) is 0 Å². The standard InChI is InChI=1S/C22H31N3O2/c1-7-15-12-16(9-8-13(15)2)19(22(4,5)21(26)27)17-10-11-18(25(6)24)20(23)14(17)3/h8-12,19H,7,23-24H2,1-6H3,(H,26,27). The summed E-state index contributed by atoms with van der Waals surface area (Å²) < 4.78 is 0. The second kappa shape index (κ2) is 7.61. The number of carbonyl (C=O) groups is 1. The topological polar surface area (TPSA) is 92.6 Å². The van der Waals surface area contributed by atoms with Crippen LogP contribution in [0, 0.1) is 19.3 Å². The van der Waals surface area contributed by atoms with E-state index in [1.165, 1.54) is 16.1 Å². The normalized spacial score (nSPS) is 12.7. The van der Waals surface area contributed by atoms with E-state index in [1.807, 2.05) is 25.1 Å². The maximum Gasteiger partial charge on any atom is 0.310 e. The molecular formula is C22H31N3O2. The van der Waals surface area contributed by atoms with Gasteiger partial charge in [-0.15, -0.1) is 0 Å². The van der Waals surface area contributed by atoms with Gasteiger partial charge in [0.2, 0.25) is 0 Å². The summed E-state index contributed by atoms with van der Waals surface area (Å²) in [5.74, 6) is 4.69. The number of rotatable bonds is 6. The van der Waals surface area contributed by atoms with Crippen LogP contribution in [0.2, 0.25) is 0 Å². The minimum Gasteiger partial charge on any atom is -0.481 e. The molecule has 0 aromatic heterocycles. The number of hydrogen-bond donors (Lipinski definition) is 3. The van der Waals surface area contributed by atoms with Gasteiger partial charge in [-0.25, -0.2) is 5.84 Å². The smallest absolute Gasteiger partial charge is 0.310 e. The molecule has 0 saturated heterocycles. The first kappa shape index (κ1) is 20.8. The molecule has 27 heavy (non-hydrogen) atoms. The summed E-state index contributed by atoms with van der Waals surface area (Å²) in [6, 6.07) is 10.0. The summed E-state index contributed by atoms with van der Waals surface area (Å²) in [5.41, 5.74) is 11.8. The zero-order valence-corrected chi connectivity index (χ0v) is 17.1. The highest BCUT2D eigenvalue weighted by Crippen LogP contribution is 2.45. The molecule has 0 heterocycles. The molecule has 2 rings (SSSR count). The van der Waals surface area contributed by atoms with Gasteiger partial charge in [0.1, 0.15) is 0 Å². The Labute approximate surface area is 162 Å². The molecule has 0 saturated carbocycles. The van der Waals surface area contributed by atoms with Crippen molar-refractivity contribution in [1.29, 1.82) is 0 Å². The summed E-state index contributed by atoms with van der Waals surface area (Å²) in [6.07, 6.45) is 0.901. The van der Waals surface area contributed by atoms with E-state index in [9.17, 15) is 9.90 Å². The minimum absolute atomic E-state index is 0.333. The number of anilines is 2. The summed E-state index contributed by atoms with van der Waals surface area (Å²) in [6.45, 7) is 9.65.